The summed E-state index contributed by atoms with van der Waals surface area (Å²) >= 11 is 0. The van der Waals surface area contributed by atoms with Crippen LogP contribution in [-0.4, -0.2) is 64.3 Å². The lowest BCUT2D eigenvalue weighted by Gasteiger charge is -2.39. The smallest absolute Gasteiger partial charge is 0.160 e. The van der Waals surface area contributed by atoms with Crippen LogP contribution in [0.1, 0.15) is 24.8 Å². The number of ketones is 1. The van der Waals surface area contributed by atoms with Crippen LogP contribution in [0.5, 0.6) is 11.5 Å². The van der Waals surface area contributed by atoms with Gasteiger partial charge in [0.2, 0.25) is 0 Å². The van der Waals surface area contributed by atoms with Crippen LogP contribution in [-0.2, 0) is 9.53 Å². The zero-order valence-electron chi connectivity index (χ0n) is 13.0. The summed E-state index contributed by atoms with van der Waals surface area (Å²) in [5.74, 6) is -0.460. The summed E-state index contributed by atoms with van der Waals surface area (Å²) in [5.41, 5.74) is 0.627. The molecule has 1 fully saturated rings. The molecule has 1 aliphatic rings. The number of phenols is 1. The average Bonchev–Trinajstić information content (AvgIpc) is 2.51. The van der Waals surface area contributed by atoms with E-state index in [2.05, 4.69) is 0 Å². The van der Waals surface area contributed by atoms with Gasteiger partial charge >= 0.3 is 0 Å². The fourth-order valence-corrected chi connectivity index (χ4v) is 2.84. The lowest BCUT2D eigenvalue weighted by atomic mass is 9.82. The van der Waals surface area contributed by atoms with Gasteiger partial charge in [0.25, 0.3) is 0 Å². The lowest BCUT2D eigenvalue weighted by Crippen LogP contribution is -2.54. The Balaban J connectivity index is 2.35. The zero-order chi connectivity index (χ0) is 17.1. The van der Waals surface area contributed by atoms with E-state index in [0.29, 0.717) is 5.56 Å². The van der Waals surface area contributed by atoms with Gasteiger partial charge < -0.3 is 34.7 Å². The maximum Gasteiger partial charge on any atom is 0.160 e. The molecule has 0 spiro atoms. The number of hydrogen-bond donors (Lipinski definition) is 4. The Morgan fingerprint density at radius 2 is 2.04 bits per heavy atom. The summed E-state index contributed by atoms with van der Waals surface area (Å²) in [6, 6.07) is 4.61. The SMILES string of the molecule is COc1cc(C(CC(C)=O)C2OC[C@@H](O)[C@H](O)[C@H]2O)ccc1O. The summed E-state index contributed by atoms with van der Waals surface area (Å²) in [6.07, 6.45) is -4.62. The second-order valence-electron chi connectivity index (χ2n) is 5.79. The number of carbonyl (C=O) groups is 1. The van der Waals surface area contributed by atoms with E-state index in [9.17, 15) is 25.2 Å². The maximum atomic E-state index is 11.6. The van der Waals surface area contributed by atoms with Crippen LogP contribution in [0.15, 0.2) is 18.2 Å². The second-order valence-corrected chi connectivity index (χ2v) is 5.79. The predicted molar refractivity (Wildman–Crippen MR) is 80.5 cm³/mol. The minimum Gasteiger partial charge on any atom is -0.504 e. The van der Waals surface area contributed by atoms with Crippen molar-refractivity contribution in [2.24, 2.45) is 0 Å². The van der Waals surface area contributed by atoms with Gasteiger partial charge in [-0.15, -0.1) is 0 Å². The fourth-order valence-electron chi connectivity index (χ4n) is 2.84. The molecule has 128 valence electrons. The van der Waals surface area contributed by atoms with E-state index in [4.69, 9.17) is 9.47 Å². The number of aliphatic hydroxyl groups is 3. The monoisotopic (exact) mass is 326 g/mol. The third kappa shape index (κ3) is 3.81. The van der Waals surface area contributed by atoms with Gasteiger partial charge in [-0.3, -0.25) is 0 Å². The van der Waals surface area contributed by atoms with Gasteiger partial charge in [-0.05, 0) is 24.6 Å². The number of methoxy groups -OCH3 is 1. The minimum absolute atomic E-state index is 0.0432. The number of phenolic OH excluding ortho intramolecular Hbond substituents is 1. The molecule has 2 rings (SSSR count). The summed E-state index contributed by atoms with van der Waals surface area (Å²) < 4.78 is 10.5. The highest BCUT2D eigenvalue weighted by Gasteiger charge is 2.42. The van der Waals surface area contributed by atoms with Gasteiger partial charge in [-0.1, -0.05) is 6.07 Å². The highest BCUT2D eigenvalue weighted by atomic mass is 16.5. The van der Waals surface area contributed by atoms with Crippen molar-refractivity contribution < 1.29 is 34.7 Å². The van der Waals surface area contributed by atoms with Crippen LogP contribution >= 0.6 is 0 Å². The Labute approximate surface area is 134 Å². The molecule has 4 N–H and O–H groups in total. The summed E-state index contributed by atoms with van der Waals surface area (Å²) in [4.78, 5) is 11.6. The number of benzene rings is 1. The minimum atomic E-state index is -1.35. The Morgan fingerprint density at radius 1 is 1.35 bits per heavy atom. The first kappa shape index (κ1) is 17.7. The standard InChI is InChI=1S/C16H22O7/c1-8(17)5-10(9-3-4-11(18)13(6-9)22-2)16-15(21)14(20)12(19)7-23-16/h3-4,6,10,12,14-16,18-21H,5,7H2,1-2H3/t10?,12-,14+,15-,16?/m1/s1. The number of rotatable bonds is 5. The van der Waals surface area contributed by atoms with E-state index in [1.165, 1.54) is 20.1 Å². The molecule has 2 unspecified atom stereocenters. The van der Waals surface area contributed by atoms with Crippen LogP contribution in [0.2, 0.25) is 0 Å². The van der Waals surface area contributed by atoms with Crippen molar-refractivity contribution in [1.29, 1.82) is 0 Å². The zero-order valence-corrected chi connectivity index (χ0v) is 13.0. The van der Waals surface area contributed by atoms with Gasteiger partial charge in [0.05, 0.1) is 19.8 Å². The maximum absolute atomic E-state index is 11.6. The van der Waals surface area contributed by atoms with Crippen LogP contribution in [0.3, 0.4) is 0 Å². The molecule has 5 atom stereocenters. The molecule has 0 amide bonds. The lowest BCUT2D eigenvalue weighted by molar-refractivity contribution is -0.193. The molecule has 1 heterocycles. The molecule has 1 aromatic rings. The second kappa shape index (κ2) is 7.27. The molecule has 0 aliphatic carbocycles. The highest BCUT2D eigenvalue weighted by Crippen LogP contribution is 2.36. The third-order valence-electron chi connectivity index (χ3n) is 4.08. The molecular formula is C16H22O7. The average molecular weight is 326 g/mol. The quantitative estimate of drug-likeness (QED) is 0.599. The van der Waals surface area contributed by atoms with E-state index in [-0.39, 0.29) is 30.3 Å². The fraction of sp³-hybridized carbons (Fsp3) is 0.562. The Morgan fingerprint density at radius 3 is 2.65 bits per heavy atom. The van der Waals surface area contributed by atoms with Crippen molar-refractivity contribution in [3.8, 4) is 11.5 Å². The summed E-state index contributed by atoms with van der Waals surface area (Å²) in [7, 11) is 1.41. The van der Waals surface area contributed by atoms with E-state index < -0.39 is 30.3 Å². The highest BCUT2D eigenvalue weighted by molar-refractivity contribution is 5.76. The van der Waals surface area contributed by atoms with E-state index >= 15 is 0 Å². The van der Waals surface area contributed by atoms with Crippen molar-refractivity contribution in [2.45, 2.75) is 43.7 Å². The van der Waals surface area contributed by atoms with Crippen LogP contribution in [0.25, 0.3) is 0 Å². The molecule has 23 heavy (non-hydrogen) atoms. The molecule has 0 saturated carbocycles. The van der Waals surface area contributed by atoms with Crippen molar-refractivity contribution in [3.63, 3.8) is 0 Å². The Bertz CT molecular complexity index is 559. The Kier molecular flexibility index (Phi) is 5.59. The first-order valence-corrected chi connectivity index (χ1v) is 7.37. The molecule has 1 aromatic carbocycles. The summed E-state index contributed by atoms with van der Waals surface area (Å²) in [6.45, 7) is 1.29. The topological polar surface area (TPSA) is 116 Å². The van der Waals surface area contributed by atoms with E-state index in [1.54, 1.807) is 12.1 Å². The molecular weight excluding hydrogens is 304 g/mol. The van der Waals surface area contributed by atoms with Gasteiger partial charge in [0.15, 0.2) is 11.5 Å². The number of hydrogen-bond acceptors (Lipinski definition) is 7. The van der Waals surface area contributed by atoms with Crippen molar-refractivity contribution in [1.82, 2.24) is 0 Å². The molecule has 0 bridgehead atoms. The van der Waals surface area contributed by atoms with Gasteiger partial charge in [0, 0.05) is 12.3 Å². The number of aromatic hydroxyl groups is 1. The summed E-state index contributed by atoms with van der Waals surface area (Å²) in [5, 5.41) is 39.3. The van der Waals surface area contributed by atoms with Crippen molar-refractivity contribution >= 4 is 5.78 Å². The van der Waals surface area contributed by atoms with Gasteiger partial charge in [0.1, 0.15) is 24.1 Å². The third-order valence-corrected chi connectivity index (χ3v) is 4.08. The largest absolute Gasteiger partial charge is 0.504 e. The van der Waals surface area contributed by atoms with E-state index in [1.807, 2.05) is 0 Å². The predicted octanol–water partition coefficient (Wildman–Crippen LogP) is -0.0550. The number of aliphatic hydroxyl groups excluding tert-OH is 3. The normalized spacial score (nSPS) is 29.1. The molecule has 1 aliphatic heterocycles. The molecule has 7 heteroatoms. The van der Waals surface area contributed by atoms with Crippen molar-refractivity contribution in [2.75, 3.05) is 13.7 Å². The molecule has 0 aromatic heterocycles. The molecule has 0 radical (unpaired) electrons. The first-order chi connectivity index (χ1) is 10.8. The van der Waals surface area contributed by atoms with Crippen LogP contribution in [0, 0.1) is 0 Å². The van der Waals surface area contributed by atoms with Gasteiger partial charge in [-0.2, -0.15) is 0 Å². The van der Waals surface area contributed by atoms with E-state index in [0.717, 1.165) is 0 Å². The molecule has 7 nitrogen and oxygen atoms in total. The first-order valence-electron chi connectivity index (χ1n) is 7.37. The Hall–Kier alpha value is -1.67. The number of Topliss-reactive ketones (excluding diaryl/α,β-unsaturated/α-hetero) is 1. The molecule has 1 saturated heterocycles. The van der Waals surface area contributed by atoms with Crippen molar-refractivity contribution in [3.05, 3.63) is 23.8 Å². The van der Waals surface area contributed by atoms with Crippen LogP contribution in [0.4, 0.5) is 0 Å². The van der Waals surface area contributed by atoms with Gasteiger partial charge in [-0.25, -0.2) is 0 Å². The van der Waals surface area contributed by atoms with Crippen LogP contribution < -0.4 is 4.74 Å². The number of ether oxygens (including phenoxy) is 2. The number of carbonyl (C=O) groups excluding carboxylic acids is 1.